The van der Waals surface area contributed by atoms with Gasteiger partial charge in [-0.05, 0) is 70.1 Å². The second-order valence-electron chi connectivity index (χ2n) is 6.88. The quantitative estimate of drug-likeness (QED) is 0.364. The SMILES string of the molecule is C=CCOc1ccc2c(-c3c(O)ccc4cc(OCC=C)ccc34)c(O)ccc2c1. The molecule has 0 aliphatic rings. The molecular formula is C26H22O4. The normalized spacial score (nSPS) is 10.8. The van der Waals surface area contributed by atoms with Crippen LogP contribution in [0.3, 0.4) is 0 Å². The van der Waals surface area contributed by atoms with Crippen LogP contribution in [0.1, 0.15) is 0 Å². The molecule has 0 aliphatic carbocycles. The minimum Gasteiger partial charge on any atom is -0.507 e. The molecule has 0 saturated carbocycles. The lowest BCUT2D eigenvalue weighted by Crippen LogP contribution is -1.94. The maximum atomic E-state index is 10.7. The van der Waals surface area contributed by atoms with E-state index in [4.69, 9.17) is 9.47 Å². The number of hydrogen-bond acceptors (Lipinski definition) is 4. The maximum Gasteiger partial charge on any atom is 0.124 e. The van der Waals surface area contributed by atoms with Gasteiger partial charge >= 0.3 is 0 Å². The van der Waals surface area contributed by atoms with Gasteiger partial charge in [-0.3, -0.25) is 0 Å². The van der Waals surface area contributed by atoms with Crippen molar-refractivity contribution in [1.82, 2.24) is 0 Å². The maximum absolute atomic E-state index is 10.7. The molecule has 2 N–H and O–H groups in total. The zero-order valence-corrected chi connectivity index (χ0v) is 16.5. The Morgan fingerprint density at radius 2 is 1.07 bits per heavy atom. The van der Waals surface area contributed by atoms with Crippen molar-refractivity contribution in [3.05, 3.63) is 86.0 Å². The molecule has 4 heteroatoms. The van der Waals surface area contributed by atoms with Crippen molar-refractivity contribution in [1.29, 1.82) is 0 Å². The molecule has 0 atom stereocenters. The van der Waals surface area contributed by atoms with Crippen molar-refractivity contribution in [2.75, 3.05) is 13.2 Å². The Labute approximate surface area is 174 Å². The van der Waals surface area contributed by atoms with Crippen LogP contribution in [0.25, 0.3) is 32.7 Å². The molecule has 0 amide bonds. The first kappa shape index (κ1) is 19.4. The largest absolute Gasteiger partial charge is 0.507 e. The first-order chi connectivity index (χ1) is 14.6. The number of benzene rings is 4. The van der Waals surface area contributed by atoms with Gasteiger partial charge in [0.15, 0.2) is 0 Å². The predicted octanol–water partition coefficient (Wildman–Crippen LogP) is 6.20. The van der Waals surface area contributed by atoms with E-state index in [1.807, 2.05) is 48.5 Å². The summed E-state index contributed by atoms with van der Waals surface area (Å²) in [7, 11) is 0. The van der Waals surface area contributed by atoms with Gasteiger partial charge in [-0.2, -0.15) is 0 Å². The number of ether oxygens (including phenoxy) is 2. The molecule has 4 nitrogen and oxygen atoms in total. The molecule has 30 heavy (non-hydrogen) atoms. The van der Waals surface area contributed by atoms with Crippen LogP contribution in [0.4, 0.5) is 0 Å². The molecule has 0 aliphatic heterocycles. The minimum atomic E-state index is 0.0945. The van der Waals surface area contributed by atoms with Crippen LogP contribution in [-0.2, 0) is 0 Å². The van der Waals surface area contributed by atoms with Crippen molar-refractivity contribution in [2.24, 2.45) is 0 Å². The van der Waals surface area contributed by atoms with Gasteiger partial charge in [0.05, 0.1) is 0 Å². The third-order valence-corrected chi connectivity index (χ3v) is 4.92. The van der Waals surface area contributed by atoms with Gasteiger partial charge < -0.3 is 19.7 Å². The highest BCUT2D eigenvalue weighted by Gasteiger charge is 2.17. The zero-order chi connectivity index (χ0) is 21.1. The lowest BCUT2D eigenvalue weighted by Gasteiger charge is -2.15. The van der Waals surface area contributed by atoms with E-state index in [1.165, 1.54) is 0 Å². The average Bonchev–Trinajstić information content (AvgIpc) is 2.77. The fraction of sp³-hybridized carbons (Fsp3) is 0.0769. The standard InChI is InChI=1S/C26H22O4/c1-3-13-29-19-7-9-21-17(15-19)5-11-23(27)25(21)26-22-10-8-20(30-14-4-2)16-18(22)6-12-24(26)28/h3-12,15-16,27-28H,1-2,13-14H2. The Bertz CT molecular complexity index is 1160. The average molecular weight is 398 g/mol. The van der Waals surface area contributed by atoms with E-state index in [0.29, 0.717) is 35.8 Å². The molecule has 0 unspecified atom stereocenters. The summed E-state index contributed by atoms with van der Waals surface area (Å²) >= 11 is 0. The summed E-state index contributed by atoms with van der Waals surface area (Å²) in [5.41, 5.74) is 1.15. The fourth-order valence-corrected chi connectivity index (χ4v) is 3.61. The molecule has 0 bridgehead atoms. The summed E-state index contributed by atoms with van der Waals surface area (Å²) in [5, 5.41) is 24.9. The number of fused-ring (bicyclic) bond motifs is 2. The van der Waals surface area contributed by atoms with Crippen molar-refractivity contribution >= 4 is 21.5 Å². The Morgan fingerprint density at radius 1 is 0.633 bits per heavy atom. The Balaban J connectivity index is 1.92. The molecule has 4 rings (SSSR count). The summed E-state index contributed by atoms with van der Waals surface area (Å²) in [5.74, 6) is 1.62. The number of aromatic hydroxyl groups is 2. The summed E-state index contributed by atoms with van der Waals surface area (Å²) in [6.45, 7) is 8.16. The van der Waals surface area contributed by atoms with Gasteiger partial charge in [0.25, 0.3) is 0 Å². The van der Waals surface area contributed by atoms with Crippen LogP contribution in [0, 0.1) is 0 Å². The molecule has 150 valence electrons. The summed E-state index contributed by atoms with van der Waals surface area (Å²) in [6, 6.07) is 18.2. The highest BCUT2D eigenvalue weighted by Crippen LogP contribution is 2.45. The number of hydrogen-bond donors (Lipinski definition) is 2. The van der Waals surface area contributed by atoms with Crippen LogP contribution < -0.4 is 9.47 Å². The number of phenolic OH excluding ortho intramolecular Hbond substituents is 2. The van der Waals surface area contributed by atoms with Gasteiger partial charge in [-0.15, -0.1) is 0 Å². The van der Waals surface area contributed by atoms with Gasteiger partial charge in [0.1, 0.15) is 36.2 Å². The topological polar surface area (TPSA) is 58.9 Å². The first-order valence-electron chi connectivity index (χ1n) is 9.61. The van der Waals surface area contributed by atoms with Crippen LogP contribution >= 0.6 is 0 Å². The number of phenols is 2. The lowest BCUT2D eigenvalue weighted by atomic mass is 9.92. The minimum absolute atomic E-state index is 0.0945. The van der Waals surface area contributed by atoms with Crippen molar-refractivity contribution in [3.63, 3.8) is 0 Å². The van der Waals surface area contributed by atoms with E-state index in [0.717, 1.165) is 21.5 Å². The molecule has 0 saturated heterocycles. The van der Waals surface area contributed by atoms with Crippen LogP contribution in [0.15, 0.2) is 86.0 Å². The molecule has 0 heterocycles. The van der Waals surface area contributed by atoms with E-state index < -0.39 is 0 Å². The van der Waals surface area contributed by atoms with Gasteiger partial charge in [0, 0.05) is 11.1 Å². The van der Waals surface area contributed by atoms with E-state index in [9.17, 15) is 10.2 Å². The summed E-state index contributed by atoms with van der Waals surface area (Å²) in [4.78, 5) is 0. The van der Waals surface area contributed by atoms with E-state index in [1.54, 1.807) is 24.3 Å². The van der Waals surface area contributed by atoms with Gasteiger partial charge in [-0.25, -0.2) is 0 Å². The molecule has 0 spiro atoms. The lowest BCUT2D eigenvalue weighted by molar-refractivity contribution is 0.363. The first-order valence-corrected chi connectivity index (χ1v) is 9.61. The third kappa shape index (κ3) is 3.55. The summed E-state index contributed by atoms with van der Waals surface area (Å²) in [6.07, 6.45) is 3.38. The van der Waals surface area contributed by atoms with E-state index >= 15 is 0 Å². The van der Waals surface area contributed by atoms with Crippen molar-refractivity contribution in [3.8, 4) is 34.1 Å². The highest BCUT2D eigenvalue weighted by molar-refractivity contribution is 6.10. The van der Waals surface area contributed by atoms with Crippen LogP contribution in [-0.4, -0.2) is 23.4 Å². The molecular weight excluding hydrogens is 376 g/mol. The van der Waals surface area contributed by atoms with E-state index in [2.05, 4.69) is 13.2 Å². The van der Waals surface area contributed by atoms with Gasteiger partial charge in [-0.1, -0.05) is 37.4 Å². The third-order valence-electron chi connectivity index (χ3n) is 4.92. The Hall–Kier alpha value is -3.92. The van der Waals surface area contributed by atoms with Crippen LogP contribution in [0.5, 0.6) is 23.0 Å². The van der Waals surface area contributed by atoms with Crippen molar-refractivity contribution in [2.45, 2.75) is 0 Å². The second-order valence-corrected chi connectivity index (χ2v) is 6.88. The Kier molecular flexibility index (Phi) is 5.31. The monoisotopic (exact) mass is 398 g/mol. The van der Waals surface area contributed by atoms with Crippen LogP contribution in [0.2, 0.25) is 0 Å². The summed E-state index contributed by atoms with van der Waals surface area (Å²) < 4.78 is 11.3. The fourth-order valence-electron chi connectivity index (χ4n) is 3.61. The molecule has 4 aromatic carbocycles. The van der Waals surface area contributed by atoms with Gasteiger partial charge in [0.2, 0.25) is 0 Å². The van der Waals surface area contributed by atoms with Crippen molar-refractivity contribution < 1.29 is 19.7 Å². The zero-order valence-electron chi connectivity index (χ0n) is 16.5. The molecule has 4 aromatic rings. The van der Waals surface area contributed by atoms with E-state index in [-0.39, 0.29) is 11.5 Å². The Morgan fingerprint density at radius 3 is 1.47 bits per heavy atom. The smallest absolute Gasteiger partial charge is 0.124 e. The second kappa shape index (κ2) is 8.21. The molecule has 0 aromatic heterocycles. The predicted molar refractivity (Wildman–Crippen MR) is 122 cm³/mol. The number of rotatable bonds is 7. The highest BCUT2D eigenvalue weighted by atomic mass is 16.5. The molecule has 0 fully saturated rings. The molecule has 0 radical (unpaired) electrons.